The Morgan fingerprint density at radius 2 is 1.77 bits per heavy atom. The van der Waals surface area contributed by atoms with Gasteiger partial charge in [0.05, 0.1) is 12.6 Å². The van der Waals surface area contributed by atoms with Gasteiger partial charge in [0.2, 0.25) is 0 Å². The topological polar surface area (TPSA) is 27.7 Å². The highest BCUT2D eigenvalue weighted by atomic mass is 19.3. The van der Waals surface area contributed by atoms with Crippen molar-refractivity contribution < 1.29 is 22.3 Å². The fourth-order valence-corrected chi connectivity index (χ4v) is 6.51. The Bertz CT molecular complexity index is 1290. The molecule has 0 bridgehead atoms. The summed E-state index contributed by atoms with van der Waals surface area (Å²) in [7, 11) is 0. The van der Waals surface area contributed by atoms with Crippen LogP contribution in [0.5, 0.6) is 5.75 Å². The molecule has 0 aliphatic carbocycles. The van der Waals surface area contributed by atoms with E-state index >= 15 is 8.78 Å². The lowest BCUT2D eigenvalue weighted by Gasteiger charge is -2.38. The van der Waals surface area contributed by atoms with Gasteiger partial charge in [0.1, 0.15) is 24.0 Å². The molecule has 0 amide bonds. The minimum Gasteiger partial charge on any atom is -0.489 e. The van der Waals surface area contributed by atoms with E-state index < -0.39 is 30.6 Å². The molecule has 3 heterocycles. The number of hydrogen-bond donors (Lipinski definition) is 1. The maximum Gasteiger partial charge on any atom is 0.251 e. The van der Waals surface area contributed by atoms with Crippen LogP contribution in [0.1, 0.15) is 41.1 Å². The van der Waals surface area contributed by atoms with Crippen LogP contribution >= 0.6 is 0 Å². The number of alkyl halides is 2. The zero-order chi connectivity index (χ0) is 27.0. The smallest absolute Gasteiger partial charge is 0.251 e. The molecule has 206 valence electrons. The number of fused-ring (bicyclic) bond motifs is 1. The first-order valence-corrected chi connectivity index (χ1v) is 13.7. The summed E-state index contributed by atoms with van der Waals surface area (Å²) in [5, 5.41) is 3.40. The molecule has 0 radical (unpaired) electrons. The fraction of sp³-hybridized carbons (Fsp3) is 0.419. The molecule has 2 atom stereocenters. The Balaban J connectivity index is 1.30. The zero-order valence-electron chi connectivity index (χ0n) is 21.8. The molecular formula is C31H33F4N3O. The van der Waals surface area contributed by atoms with Crippen molar-refractivity contribution in [2.45, 2.75) is 38.3 Å². The van der Waals surface area contributed by atoms with Crippen LogP contribution in [0, 0.1) is 17.0 Å². The van der Waals surface area contributed by atoms with Gasteiger partial charge in [-0.15, -0.1) is 0 Å². The molecule has 0 saturated carbocycles. The predicted octanol–water partition coefficient (Wildman–Crippen LogP) is 5.95. The Kier molecular flexibility index (Phi) is 7.25. The van der Waals surface area contributed by atoms with Gasteiger partial charge in [0.25, 0.3) is 6.43 Å². The molecule has 8 heteroatoms. The number of nitrogens with one attached hydrogen (secondary N) is 1. The van der Waals surface area contributed by atoms with Crippen LogP contribution in [-0.4, -0.2) is 50.6 Å². The number of benzene rings is 3. The number of hydrogen-bond acceptors (Lipinski definition) is 4. The van der Waals surface area contributed by atoms with Gasteiger partial charge in [-0.05, 0) is 66.8 Å². The van der Waals surface area contributed by atoms with Crippen LogP contribution in [0.3, 0.4) is 0 Å². The van der Waals surface area contributed by atoms with E-state index in [1.807, 2.05) is 41.3 Å². The maximum absolute atomic E-state index is 15.8. The Hall–Kier alpha value is -3.10. The number of rotatable bonds is 7. The highest BCUT2D eigenvalue weighted by Crippen LogP contribution is 2.42. The quantitative estimate of drug-likeness (QED) is 0.376. The van der Waals surface area contributed by atoms with Crippen molar-refractivity contribution in [2.24, 2.45) is 5.41 Å². The summed E-state index contributed by atoms with van der Waals surface area (Å²) >= 11 is 0. The van der Waals surface area contributed by atoms with Gasteiger partial charge in [0, 0.05) is 42.8 Å². The summed E-state index contributed by atoms with van der Waals surface area (Å²) in [4.78, 5) is 3.54. The van der Waals surface area contributed by atoms with Crippen molar-refractivity contribution in [1.29, 1.82) is 0 Å². The molecule has 3 aromatic carbocycles. The first kappa shape index (κ1) is 26.1. The zero-order valence-corrected chi connectivity index (χ0v) is 21.8. The minimum atomic E-state index is -2.62. The standard InChI is InChI=1S/C31H33F4N3O/c32-26-15-23(38-13-10-31(20-38)9-11-36-19-31)16-27(33)29(26)30-25-7-6-24(39-18-21-4-2-1-3-5-21)14-22(25)8-12-37(30)17-28(34)35/h1-7,14-16,28,30,36H,8-13,17-20H2. The number of nitrogens with zero attached hydrogens (tertiary/aromatic N) is 2. The molecule has 3 aliphatic rings. The van der Waals surface area contributed by atoms with Crippen LogP contribution in [0.2, 0.25) is 0 Å². The Labute approximate surface area is 226 Å². The largest absolute Gasteiger partial charge is 0.489 e. The highest BCUT2D eigenvalue weighted by molar-refractivity contribution is 5.53. The van der Waals surface area contributed by atoms with Gasteiger partial charge >= 0.3 is 0 Å². The second kappa shape index (κ2) is 10.8. The van der Waals surface area contributed by atoms with E-state index in [4.69, 9.17) is 4.74 Å². The fourth-order valence-electron chi connectivity index (χ4n) is 6.51. The van der Waals surface area contributed by atoms with Crippen molar-refractivity contribution in [3.8, 4) is 5.75 Å². The van der Waals surface area contributed by atoms with E-state index in [0.717, 1.165) is 50.1 Å². The second-order valence-corrected chi connectivity index (χ2v) is 11.1. The third-order valence-electron chi connectivity index (χ3n) is 8.54. The summed E-state index contributed by atoms with van der Waals surface area (Å²) < 4.78 is 64.7. The molecule has 1 spiro atoms. The lowest BCUT2D eigenvalue weighted by molar-refractivity contribution is 0.0686. The summed E-state index contributed by atoms with van der Waals surface area (Å²) in [5.74, 6) is -0.756. The third-order valence-corrected chi connectivity index (χ3v) is 8.54. The SMILES string of the molecule is Fc1cc(N2CCC3(CCNC3)C2)cc(F)c1C1c2ccc(OCc3ccccc3)cc2CCN1CC(F)F. The van der Waals surface area contributed by atoms with Gasteiger partial charge in [-0.25, -0.2) is 17.6 Å². The van der Waals surface area contributed by atoms with E-state index in [9.17, 15) is 8.78 Å². The van der Waals surface area contributed by atoms with E-state index in [-0.39, 0.29) is 17.5 Å². The number of halogens is 4. The van der Waals surface area contributed by atoms with Gasteiger partial charge < -0.3 is 15.0 Å². The van der Waals surface area contributed by atoms with E-state index in [1.165, 1.54) is 17.0 Å². The Morgan fingerprint density at radius 3 is 2.49 bits per heavy atom. The maximum atomic E-state index is 15.8. The van der Waals surface area contributed by atoms with Crippen LogP contribution in [0.25, 0.3) is 0 Å². The molecule has 2 saturated heterocycles. The molecule has 39 heavy (non-hydrogen) atoms. The summed E-state index contributed by atoms with van der Waals surface area (Å²) in [5.41, 5.74) is 3.01. The predicted molar refractivity (Wildman–Crippen MR) is 143 cm³/mol. The minimum absolute atomic E-state index is 0.155. The first-order chi connectivity index (χ1) is 18.9. The van der Waals surface area contributed by atoms with Crippen LogP contribution < -0.4 is 15.0 Å². The molecule has 3 aliphatic heterocycles. The second-order valence-electron chi connectivity index (χ2n) is 11.1. The van der Waals surface area contributed by atoms with Crippen molar-refractivity contribution in [3.05, 3.63) is 94.6 Å². The average Bonchev–Trinajstić information content (AvgIpc) is 3.57. The van der Waals surface area contributed by atoms with Crippen molar-refractivity contribution in [2.75, 3.05) is 44.2 Å². The van der Waals surface area contributed by atoms with E-state index in [0.29, 0.717) is 30.0 Å². The van der Waals surface area contributed by atoms with Gasteiger partial charge in [-0.2, -0.15) is 0 Å². The van der Waals surface area contributed by atoms with Crippen LogP contribution in [0.4, 0.5) is 23.2 Å². The monoisotopic (exact) mass is 539 g/mol. The highest BCUT2D eigenvalue weighted by Gasteiger charge is 2.41. The number of ether oxygens (including phenoxy) is 1. The van der Waals surface area contributed by atoms with Crippen molar-refractivity contribution >= 4 is 5.69 Å². The summed E-state index contributed by atoms with van der Waals surface area (Å²) in [6.45, 7) is 3.49. The van der Waals surface area contributed by atoms with E-state index in [2.05, 4.69) is 5.32 Å². The third kappa shape index (κ3) is 5.37. The van der Waals surface area contributed by atoms with E-state index in [1.54, 1.807) is 12.1 Å². The number of anilines is 1. The molecule has 0 aromatic heterocycles. The molecule has 2 fully saturated rings. The first-order valence-electron chi connectivity index (χ1n) is 13.7. The molecule has 1 N–H and O–H groups in total. The Morgan fingerprint density at radius 1 is 0.974 bits per heavy atom. The van der Waals surface area contributed by atoms with Crippen LogP contribution in [-0.2, 0) is 13.0 Å². The molecule has 2 unspecified atom stereocenters. The van der Waals surface area contributed by atoms with Crippen LogP contribution in [0.15, 0.2) is 60.7 Å². The molecule has 6 rings (SSSR count). The molecular weight excluding hydrogens is 506 g/mol. The van der Waals surface area contributed by atoms with Crippen molar-refractivity contribution in [1.82, 2.24) is 10.2 Å². The summed E-state index contributed by atoms with van der Waals surface area (Å²) in [6.07, 6.45) is -0.0800. The lowest BCUT2D eigenvalue weighted by atomic mass is 9.86. The molecule has 3 aromatic rings. The molecule has 4 nitrogen and oxygen atoms in total. The average molecular weight is 540 g/mol. The normalized spacial score (nSPS) is 23.1. The summed E-state index contributed by atoms with van der Waals surface area (Å²) in [6, 6.07) is 17.0. The van der Waals surface area contributed by atoms with Gasteiger partial charge in [-0.3, -0.25) is 4.90 Å². The van der Waals surface area contributed by atoms with Gasteiger partial charge in [0.15, 0.2) is 0 Å². The van der Waals surface area contributed by atoms with Gasteiger partial charge in [-0.1, -0.05) is 36.4 Å². The van der Waals surface area contributed by atoms with Crippen molar-refractivity contribution in [3.63, 3.8) is 0 Å². The lowest BCUT2D eigenvalue weighted by Crippen LogP contribution is -2.40.